The van der Waals surface area contributed by atoms with Gasteiger partial charge in [0.05, 0.1) is 16.8 Å². The molecule has 0 heterocycles. The van der Waals surface area contributed by atoms with Crippen molar-refractivity contribution in [1.29, 1.82) is 0 Å². The van der Waals surface area contributed by atoms with E-state index >= 15 is 0 Å². The molecule has 0 radical (unpaired) electrons. The fourth-order valence-electron chi connectivity index (χ4n) is 1.64. The Morgan fingerprint density at radius 2 is 2.15 bits per heavy atom. The number of nitrogens with one attached hydrogen (secondary N) is 2. The molecule has 112 valence electrons. The van der Waals surface area contributed by atoms with Gasteiger partial charge in [0.15, 0.2) is 0 Å². The van der Waals surface area contributed by atoms with Gasteiger partial charge in [0.2, 0.25) is 5.91 Å². The van der Waals surface area contributed by atoms with Crippen LogP contribution >= 0.6 is 11.6 Å². The van der Waals surface area contributed by atoms with Gasteiger partial charge < -0.3 is 15.5 Å². The first-order valence-electron chi connectivity index (χ1n) is 6.54. The van der Waals surface area contributed by atoms with Gasteiger partial charge in [0.25, 0.3) is 0 Å². The Bertz CT molecular complexity index is 454. The third-order valence-electron chi connectivity index (χ3n) is 2.81. The number of carbonyl (C=O) groups is 1. The van der Waals surface area contributed by atoms with E-state index < -0.39 is 5.82 Å². The van der Waals surface area contributed by atoms with E-state index in [1.54, 1.807) is 6.92 Å². The van der Waals surface area contributed by atoms with Crippen molar-refractivity contribution in [2.75, 3.05) is 32.5 Å². The molecule has 6 heteroatoms. The lowest BCUT2D eigenvalue weighted by Gasteiger charge is -2.15. The van der Waals surface area contributed by atoms with E-state index in [0.717, 1.165) is 19.5 Å². The molecule has 0 unspecified atom stereocenters. The fraction of sp³-hybridized carbons (Fsp3) is 0.500. The normalized spacial score (nSPS) is 12.5. The Kier molecular flexibility index (Phi) is 6.91. The molecule has 1 atom stereocenters. The van der Waals surface area contributed by atoms with Gasteiger partial charge in [-0.3, -0.25) is 4.79 Å². The van der Waals surface area contributed by atoms with Crippen LogP contribution in [0.5, 0.6) is 0 Å². The molecule has 1 aromatic carbocycles. The second-order valence-electron chi connectivity index (χ2n) is 4.95. The Morgan fingerprint density at radius 3 is 2.75 bits per heavy atom. The maximum absolute atomic E-state index is 12.9. The molecule has 4 nitrogen and oxygen atoms in total. The van der Waals surface area contributed by atoms with Crippen LogP contribution in [0.15, 0.2) is 18.2 Å². The molecule has 0 saturated heterocycles. The lowest BCUT2D eigenvalue weighted by molar-refractivity contribution is -0.117. The Hall–Kier alpha value is -1.17. The highest BCUT2D eigenvalue weighted by atomic mass is 35.5. The quantitative estimate of drug-likeness (QED) is 0.760. The standard InChI is InChI=1S/C14H21ClFN3O/c1-10(17-7-4-8-19(2)3)14(20)18-13-6-5-11(16)9-12(13)15/h5-6,9-10,17H,4,7-8H2,1-3H3,(H,18,20)/t10-/m1/s1. The van der Waals surface area contributed by atoms with Gasteiger partial charge in [-0.2, -0.15) is 0 Å². The van der Waals surface area contributed by atoms with E-state index in [0.29, 0.717) is 5.69 Å². The molecular formula is C14H21ClFN3O. The summed E-state index contributed by atoms with van der Waals surface area (Å²) in [6, 6.07) is 3.55. The first-order chi connectivity index (χ1) is 9.40. The highest BCUT2D eigenvalue weighted by molar-refractivity contribution is 6.33. The van der Waals surface area contributed by atoms with Gasteiger partial charge in [-0.15, -0.1) is 0 Å². The maximum Gasteiger partial charge on any atom is 0.241 e. The number of carbonyl (C=O) groups excluding carboxylic acids is 1. The van der Waals surface area contributed by atoms with Gasteiger partial charge in [0, 0.05) is 0 Å². The number of anilines is 1. The zero-order valence-corrected chi connectivity index (χ0v) is 12.8. The second kappa shape index (κ2) is 8.19. The number of hydrogen-bond donors (Lipinski definition) is 2. The van der Waals surface area contributed by atoms with Crippen LogP contribution in [0.25, 0.3) is 0 Å². The van der Waals surface area contributed by atoms with E-state index in [4.69, 9.17) is 11.6 Å². The van der Waals surface area contributed by atoms with Crippen LogP contribution in [0.1, 0.15) is 13.3 Å². The Labute approximate surface area is 124 Å². The number of halogens is 2. The molecule has 0 aliphatic heterocycles. The monoisotopic (exact) mass is 301 g/mol. The SMILES string of the molecule is C[C@@H](NCCCN(C)C)C(=O)Nc1ccc(F)cc1Cl. The van der Waals surface area contributed by atoms with Crippen molar-refractivity contribution in [2.45, 2.75) is 19.4 Å². The molecule has 0 aliphatic carbocycles. The molecule has 1 rings (SSSR count). The number of amides is 1. The minimum absolute atomic E-state index is 0.191. The molecule has 0 aliphatic rings. The topological polar surface area (TPSA) is 44.4 Å². The average Bonchev–Trinajstić information content (AvgIpc) is 2.37. The zero-order valence-electron chi connectivity index (χ0n) is 12.0. The highest BCUT2D eigenvalue weighted by Gasteiger charge is 2.13. The summed E-state index contributed by atoms with van der Waals surface area (Å²) in [5.41, 5.74) is 0.417. The third-order valence-corrected chi connectivity index (χ3v) is 3.13. The fourth-order valence-corrected chi connectivity index (χ4v) is 1.85. The highest BCUT2D eigenvalue weighted by Crippen LogP contribution is 2.22. The molecule has 1 aromatic rings. The Balaban J connectivity index is 2.41. The first kappa shape index (κ1) is 16.9. The first-order valence-corrected chi connectivity index (χ1v) is 6.92. The van der Waals surface area contributed by atoms with Crippen LogP contribution in [0.4, 0.5) is 10.1 Å². The summed E-state index contributed by atoms with van der Waals surface area (Å²) in [6.07, 6.45) is 0.960. The largest absolute Gasteiger partial charge is 0.323 e. The third kappa shape index (κ3) is 5.86. The maximum atomic E-state index is 12.9. The van der Waals surface area contributed by atoms with E-state index in [9.17, 15) is 9.18 Å². The number of nitrogens with zero attached hydrogens (tertiary/aromatic N) is 1. The van der Waals surface area contributed by atoms with Crippen molar-refractivity contribution >= 4 is 23.2 Å². The summed E-state index contributed by atoms with van der Waals surface area (Å²) in [6.45, 7) is 3.50. The molecule has 0 fully saturated rings. The van der Waals surface area contributed by atoms with E-state index in [2.05, 4.69) is 15.5 Å². The van der Waals surface area contributed by atoms with E-state index in [-0.39, 0.29) is 17.0 Å². The number of rotatable bonds is 7. The number of hydrogen-bond acceptors (Lipinski definition) is 3. The number of benzene rings is 1. The predicted octanol–water partition coefficient (Wildman–Crippen LogP) is 2.35. The summed E-state index contributed by atoms with van der Waals surface area (Å²) in [5, 5.41) is 6.00. The summed E-state index contributed by atoms with van der Waals surface area (Å²) >= 11 is 5.86. The average molecular weight is 302 g/mol. The van der Waals surface area contributed by atoms with Gasteiger partial charge in [-0.25, -0.2) is 4.39 Å². The molecule has 0 aromatic heterocycles. The molecule has 0 bridgehead atoms. The molecule has 0 spiro atoms. The van der Waals surface area contributed by atoms with Gasteiger partial charge in [-0.05, 0) is 58.7 Å². The summed E-state index contributed by atoms with van der Waals surface area (Å²) in [5.74, 6) is -0.619. The van der Waals surface area contributed by atoms with Crippen LogP contribution in [-0.2, 0) is 4.79 Å². The molecular weight excluding hydrogens is 281 g/mol. The Morgan fingerprint density at radius 1 is 1.45 bits per heavy atom. The van der Waals surface area contributed by atoms with Crippen molar-refractivity contribution in [1.82, 2.24) is 10.2 Å². The van der Waals surface area contributed by atoms with Crippen molar-refractivity contribution in [3.8, 4) is 0 Å². The van der Waals surface area contributed by atoms with Crippen LogP contribution in [-0.4, -0.2) is 44.0 Å². The van der Waals surface area contributed by atoms with Crippen molar-refractivity contribution in [3.05, 3.63) is 29.0 Å². The smallest absolute Gasteiger partial charge is 0.241 e. The van der Waals surface area contributed by atoms with E-state index in [1.807, 2.05) is 14.1 Å². The molecule has 0 saturated carbocycles. The lowest BCUT2D eigenvalue weighted by Crippen LogP contribution is -2.39. The van der Waals surface area contributed by atoms with Gasteiger partial charge >= 0.3 is 0 Å². The predicted molar refractivity (Wildman–Crippen MR) is 80.7 cm³/mol. The van der Waals surface area contributed by atoms with Crippen LogP contribution in [0.2, 0.25) is 5.02 Å². The van der Waals surface area contributed by atoms with Crippen LogP contribution in [0.3, 0.4) is 0 Å². The molecule has 1 amide bonds. The lowest BCUT2D eigenvalue weighted by atomic mass is 10.2. The zero-order chi connectivity index (χ0) is 15.1. The van der Waals surface area contributed by atoms with Crippen molar-refractivity contribution in [2.24, 2.45) is 0 Å². The van der Waals surface area contributed by atoms with E-state index in [1.165, 1.54) is 18.2 Å². The van der Waals surface area contributed by atoms with Gasteiger partial charge in [0.1, 0.15) is 5.82 Å². The molecule has 2 N–H and O–H groups in total. The summed E-state index contributed by atoms with van der Waals surface area (Å²) < 4.78 is 12.9. The minimum atomic E-state index is -0.428. The van der Waals surface area contributed by atoms with Crippen LogP contribution < -0.4 is 10.6 Å². The van der Waals surface area contributed by atoms with Crippen molar-refractivity contribution in [3.63, 3.8) is 0 Å². The molecule has 20 heavy (non-hydrogen) atoms. The second-order valence-corrected chi connectivity index (χ2v) is 5.35. The summed E-state index contributed by atoms with van der Waals surface area (Å²) in [7, 11) is 4.01. The van der Waals surface area contributed by atoms with Gasteiger partial charge in [-0.1, -0.05) is 11.6 Å². The minimum Gasteiger partial charge on any atom is -0.323 e. The summed E-state index contributed by atoms with van der Waals surface area (Å²) in [4.78, 5) is 14.0. The van der Waals surface area contributed by atoms with Crippen molar-refractivity contribution < 1.29 is 9.18 Å². The van der Waals surface area contributed by atoms with Crippen LogP contribution in [0, 0.1) is 5.82 Å².